The number of likely N-dealkylation sites (tertiary alicyclic amines) is 1. The van der Waals surface area contributed by atoms with Crippen molar-refractivity contribution in [2.24, 2.45) is 0 Å². The van der Waals surface area contributed by atoms with Gasteiger partial charge in [0.15, 0.2) is 11.6 Å². The molecular weight excluding hydrogens is 382 g/mol. The summed E-state index contributed by atoms with van der Waals surface area (Å²) < 4.78 is 0.727. The minimum Gasteiger partial charge on any atom is -0.504 e. The molecule has 0 saturated carbocycles. The summed E-state index contributed by atoms with van der Waals surface area (Å²) in [6.45, 7) is 3.19. The van der Waals surface area contributed by atoms with Crippen molar-refractivity contribution in [2.45, 2.75) is 25.8 Å². The number of amides is 1. The lowest BCUT2D eigenvalue weighted by Crippen LogP contribution is -2.46. The summed E-state index contributed by atoms with van der Waals surface area (Å²) in [5.74, 6) is 0.651. The third kappa shape index (κ3) is 3.91. The molecule has 2 aliphatic rings. The third-order valence-electron chi connectivity index (χ3n) is 3.90. The first-order valence-electron chi connectivity index (χ1n) is 7.32. The van der Waals surface area contributed by atoms with Gasteiger partial charge in [-0.25, -0.2) is 4.98 Å². The van der Waals surface area contributed by atoms with Crippen molar-refractivity contribution < 1.29 is 9.90 Å². The molecule has 23 heavy (non-hydrogen) atoms. The average molecular weight is 400 g/mol. The number of piperidine rings is 1. The molecule has 0 spiro atoms. The molecule has 3 rings (SSSR count). The highest BCUT2D eigenvalue weighted by atomic mass is 79.9. The summed E-state index contributed by atoms with van der Waals surface area (Å²) in [6, 6.07) is 1.95. The van der Waals surface area contributed by atoms with Gasteiger partial charge in [-0.3, -0.25) is 9.80 Å². The van der Waals surface area contributed by atoms with Crippen LogP contribution in [0.4, 0.5) is 5.82 Å². The van der Waals surface area contributed by atoms with Crippen molar-refractivity contribution in [1.82, 2.24) is 19.7 Å². The van der Waals surface area contributed by atoms with E-state index in [1.165, 1.54) is 11.9 Å². The number of hydrogen-bond donors (Lipinski definition) is 3. The summed E-state index contributed by atoms with van der Waals surface area (Å²) in [6.07, 6.45) is 5.46. The van der Waals surface area contributed by atoms with Gasteiger partial charge in [0.05, 0.1) is 0 Å². The van der Waals surface area contributed by atoms with Crippen LogP contribution in [0.2, 0.25) is 0 Å². The van der Waals surface area contributed by atoms with Gasteiger partial charge in [-0.1, -0.05) is 0 Å². The zero-order chi connectivity index (χ0) is 16.4. The number of aromatic hydroxyl groups is 1. The van der Waals surface area contributed by atoms with E-state index < -0.39 is 0 Å². The van der Waals surface area contributed by atoms with Gasteiger partial charge in [-0.05, 0) is 46.8 Å². The summed E-state index contributed by atoms with van der Waals surface area (Å²) in [5, 5.41) is 15.9. The summed E-state index contributed by atoms with van der Waals surface area (Å²) in [5.41, 5.74) is 0. The van der Waals surface area contributed by atoms with Gasteiger partial charge in [-0.2, -0.15) is 4.83 Å². The van der Waals surface area contributed by atoms with Crippen molar-refractivity contribution in [2.75, 3.05) is 18.4 Å². The van der Waals surface area contributed by atoms with Crippen molar-refractivity contribution in [1.29, 1.82) is 0 Å². The highest BCUT2D eigenvalue weighted by molar-refractivity contribution is 9.10. The smallest absolute Gasteiger partial charge is 0.219 e. The lowest BCUT2D eigenvalue weighted by Gasteiger charge is -2.35. The Kier molecular flexibility index (Phi) is 4.98. The van der Waals surface area contributed by atoms with E-state index in [1.807, 2.05) is 11.1 Å². The molecule has 0 atom stereocenters. The molecule has 1 aromatic heterocycles. The maximum Gasteiger partial charge on any atom is 0.219 e. The number of pyridine rings is 1. The van der Waals surface area contributed by atoms with Gasteiger partial charge in [0.1, 0.15) is 5.03 Å². The number of nitrogens with one attached hydrogen (secondary N) is 2. The fraction of sp³-hybridized carbons (Fsp3) is 0.429. The topological polar surface area (TPSA) is 80.7 Å². The van der Waals surface area contributed by atoms with Gasteiger partial charge in [-0.15, -0.1) is 0 Å². The quantitative estimate of drug-likeness (QED) is 0.672. The maximum atomic E-state index is 11.4. The van der Waals surface area contributed by atoms with Crippen LogP contribution in [0.5, 0.6) is 5.75 Å². The second-order valence-corrected chi connectivity index (χ2v) is 7.22. The van der Waals surface area contributed by atoms with Crippen molar-refractivity contribution in [3.05, 3.63) is 28.0 Å². The molecule has 0 unspecified atom stereocenters. The van der Waals surface area contributed by atoms with E-state index >= 15 is 0 Å². The Bertz CT molecular complexity index is 634. The van der Waals surface area contributed by atoms with Crippen LogP contribution in [0.3, 0.4) is 0 Å². The Hall–Kier alpha value is -1.45. The molecular formula is C14H18BrN5O2S. The summed E-state index contributed by atoms with van der Waals surface area (Å²) in [7, 11) is 0. The molecule has 1 fully saturated rings. The van der Waals surface area contributed by atoms with Crippen LogP contribution in [0.15, 0.2) is 28.0 Å². The molecule has 3 heterocycles. The highest BCUT2D eigenvalue weighted by Gasteiger charge is 2.27. The van der Waals surface area contributed by atoms with Crippen LogP contribution < -0.4 is 10.1 Å². The molecule has 2 aliphatic heterocycles. The summed E-state index contributed by atoms with van der Waals surface area (Å²) >= 11 is 4.71. The van der Waals surface area contributed by atoms with E-state index in [-0.39, 0.29) is 11.7 Å². The van der Waals surface area contributed by atoms with Crippen LogP contribution in [0.1, 0.15) is 19.8 Å². The Balaban J connectivity index is 1.59. The van der Waals surface area contributed by atoms with Crippen molar-refractivity contribution >= 4 is 39.6 Å². The molecule has 1 amide bonds. The number of hydrogen-bond acceptors (Lipinski definition) is 7. The van der Waals surface area contributed by atoms with Crippen molar-refractivity contribution in [3.63, 3.8) is 0 Å². The fourth-order valence-corrected chi connectivity index (χ4v) is 3.66. The predicted octanol–water partition coefficient (Wildman–Crippen LogP) is 2.24. The number of aromatic nitrogens is 1. The predicted molar refractivity (Wildman–Crippen MR) is 93.1 cm³/mol. The van der Waals surface area contributed by atoms with Crippen LogP contribution in [0, 0.1) is 0 Å². The molecule has 7 nitrogen and oxygen atoms in total. The summed E-state index contributed by atoms with van der Waals surface area (Å²) in [4.78, 5) is 20.7. The lowest BCUT2D eigenvalue weighted by molar-refractivity contribution is -0.130. The molecule has 0 radical (unpaired) electrons. The monoisotopic (exact) mass is 399 g/mol. The number of carbonyl (C=O) groups is 1. The van der Waals surface area contributed by atoms with Gasteiger partial charge < -0.3 is 15.3 Å². The highest BCUT2D eigenvalue weighted by Crippen LogP contribution is 2.30. The Morgan fingerprint density at radius 3 is 2.91 bits per heavy atom. The van der Waals surface area contributed by atoms with E-state index in [4.69, 9.17) is 0 Å². The van der Waals surface area contributed by atoms with Crippen LogP contribution in [0.25, 0.3) is 0 Å². The number of nitrogens with zero attached hydrogens (tertiary/aromatic N) is 3. The van der Waals surface area contributed by atoms with Gasteiger partial charge in [0, 0.05) is 42.9 Å². The van der Waals surface area contributed by atoms with E-state index in [0.717, 1.165) is 35.4 Å². The van der Waals surface area contributed by atoms with Crippen LogP contribution in [-0.2, 0) is 4.79 Å². The first-order chi connectivity index (χ1) is 11.0. The number of hydrazine groups is 1. The largest absolute Gasteiger partial charge is 0.504 e. The SMILES string of the molecule is CC(=O)N1CCC(N2C=C(Nc3ncc(Br)cc3O)SN2)CC1. The van der Waals surface area contributed by atoms with Crippen LogP contribution in [-0.4, -0.2) is 45.0 Å². The molecule has 9 heteroatoms. The molecule has 124 valence electrons. The minimum atomic E-state index is 0.0918. The molecule has 0 aromatic carbocycles. The van der Waals surface area contributed by atoms with E-state index in [1.54, 1.807) is 19.2 Å². The molecule has 0 bridgehead atoms. The van der Waals surface area contributed by atoms with E-state index in [2.05, 4.69) is 36.1 Å². The molecule has 0 aliphatic carbocycles. The fourth-order valence-electron chi connectivity index (χ4n) is 2.62. The zero-order valence-electron chi connectivity index (χ0n) is 12.6. The first-order valence-corrected chi connectivity index (χ1v) is 8.93. The maximum absolute atomic E-state index is 11.4. The van der Waals surface area contributed by atoms with Gasteiger partial charge >= 0.3 is 0 Å². The number of rotatable bonds is 3. The standard InChI is InChI=1S/C14H18BrN5O2S/c1-9(21)19-4-2-11(3-5-19)20-8-13(23-18-20)17-14-12(22)6-10(15)7-16-14/h6-8,11,18,22H,2-5H2,1H3,(H,16,17). The van der Waals surface area contributed by atoms with E-state index in [9.17, 15) is 9.90 Å². The Morgan fingerprint density at radius 2 is 2.26 bits per heavy atom. The molecule has 1 saturated heterocycles. The van der Waals surface area contributed by atoms with E-state index in [0.29, 0.717) is 11.9 Å². The first kappa shape index (κ1) is 16.4. The lowest BCUT2D eigenvalue weighted by atomic mass is 10.0. The number of halogens is 1. The van der Waals surface area contributed by atoms with Crippen LogP contribution >= 0.6 is 27.9 Å². The minimum absolute atomic E-state index is 0.0918. The Morgan fingerprint density at radius 1 is 1.52 bits per heavy atom. The third-order valence-corrected chi connectivity index (χ3v) is 5.06. The average Bonchev–Trinajstić information content (AvgIpc) is 2.99. The second-order valence-electron chi connectivity index (χ2n) is 5.48. The normalized spacial score (nSPS) is 19.0. The second kappa shape index (κ2) is 6.98. The number of carbonyl (C=O) groups excluding carboxylic acids is 1. The number of anilines is 1. The Labute approximate surface area is 147 Å². The van der Waals surface area contributed by atoms with Gasteiger partial charge in [0.25, 0.3) is 0 Å². The molecule has 1 aromatic rings. The molecule has 3 N–H and O–H groups in total. The zero-order valence-corrected chi connectivity index (χ0v) is 15.0. The van der Waals surface area contributed by atoms with Gasteiger partial charge in [0.2, 0.25) is 5.91 Å². The van der Waals surface area contributed by atoms with Crippen molar-refractivity contribution in [3.8, 4) is 5.75 Å².